The van der Waals surface area contributed by atoms with Gasteiger partial charge in [0.15, 0.2) is 4.67 Å². The van der Waals surface area contributed by atoms with Crippen LogP contribution in [-0.4, -0.2) is 11.9 Å². The number of furan rings is 1. The van der Waals surface area contributed by atoms with Gasteiger partial charge in [0.2, 0.25) is 0 Å². The van der Waals surface area contributed by atoms with Gasteiger partial charge in [-0.15, -0.1) is 0 Å². The van der Waals surface area contributed by atoms with Gasteiger partial charge in [0.25, 0.3) is 5.91 Å². The summed E-state index contributed by atoms with van der Waals surface area (Å²) in [7, 11) is 0. The predicted octanol–water partition coefficient (Wildman–Crippen LogP) is 4.56. The number of carbonyl (C=O) groups is 2. The van der Waals surface area contributed by atoms with Gasteiger partial charge in [-0.05, 0) is 62.2 Å². The molecular weight excluding hydrogens is 439 g/mol. The number of hydrogen-bond donors (Lipinski definition) is 1. The van der Waals surface area contributed by atoms with Crippen molar-refractivity contribution in [3.63, 3.8) is 0 Å². The van der Waals surface area contributed by atoms with Crippen LogP contribution in [0.5, 0.6) is 0 Å². The van der Waals surface area contributed by atoms with E-state index < -0.39 is 11.9 Å². The van der Waals surface area contributed by atoms with Crippen molar-refractivity contribution >= 4 is 67.2 Å². The zero-order valence-corrected chi connectivity index (χ0v) is 14.7. The molecule has 8 heteroatoms. The number of halogens is 3. The minimum atomic E-state index is -0.525. The van der Waals surface area contributed by atoms with Crippen LogP contribution in [0.1, 0.15) is 5.76 Å². The van der Waals surface area contributed by atoms with Crippen LogP contribution in [-0.2, 0) is 4.79 Å². The van der Waals surface area contributed by atoms with Crippen molar-refractivity contribution in [2.45, 2.75) is 0 Å². The third-order valence-electron chi connectivity index (χ3n) is 2.91. The molecule has 2 aromatic rings. The number of nitrogens with zero attached hydrogens (tertiary/aromatic N) is 1. The molecule has 0 bridgehead atoms. The highest BCUT2D eigenvalue weighted by Gasteiger charge is 2.35. The van der Waals surface area contributed by atoms with Gasteiger partial charge in [0, 0.05) is 11.1 Å². The monoisotopic (exact) mass is 444 g/mol. The minimum absolute atomic E-state index is 0.133. The van der Waals surface area contributed by atoms with Crippen molar-refractivity contribution in [3.05, 3.63) is 56.0 Å². The first kappa shape index (κ1) is 15.3. The fourth-order valence-electron chi connectivity index (χ4n) is 1.94. The van der Waals surface area contributed by atoms with E-state index in [4.69, 9.17) is 16.0 Å². The maximum atomic E-state index is 12.4. The summed E-state index contributed by atoms with van der Waals surface area (Å²) in [4.78, 5) is 25.4. The SMILES string of the molecule is O=C1N/C(=C/c2cc(Br)c(Br)o2)C(=O)N1c1ccc(Cl)cc1. The van der Waals surface area contributed by atoms with E-state index in [-0.39, 0.29) is 5.70 Å². The second-order valence-electron chi connectivity index (χ2n) is 4.38. The van der Waals surface area contributed by atoms with Crippen LogP contribution < -0.4 is 10.2 Å². The molecule has 0 saturated carbocycles. The van der Waals surface area contributed by atoms with Crippen molar-refractivity contribution < 1.29 is 14.0 Å². The Morgan fingerprint density at radius 1 is 1.18 bits per heavy atom. The average molecular weight is 446 g/mol. The number of urea groups is 1. The summed E-state index contributed by atoms with van der Waals surface area (Å²) in [6.45, 7) is 0. The molecule has 1 aliphatic heterocycles. The molecule has 0 spiro atoms. The molecule has 1 fully saturated rings. The predicted molar refractivity (Wildman–Crippen MR) is 89.6 cm³/mol. The second-order valence-corrected chi connectivity index (χ2v) is 6.39. The van der Waals surface area contributed by atoms with Crippen molar-refractivity contribution in [2.24, 2.45) is 0 Å². The van der Waals surface area contributed by atoms with Gasteiger partial charge in [0.1, 0.15) is 11.5 Å². The molecule has 1 aromatic heterocycles. The zero-order chi connectivity index (χ0) is 15.9. The fourth-order valence-corrected chi connectivity index (χ4v) is 2.67. The van der Waals surface area contributed by atoms with Crippen molar-refractivity contribution in [1.82, 2.24) is 5.32 Å². The first-order valence-electron chi connectivity index (χ1n) is 6.03. The van der Waals surface area contributed by atoms with E-state index in [0.29, 0.717) is 25.6 Å². The lowest BCUT2D eigenvalue weighted by Gasteiger charge is -2.11. The smallest absolute Gasteiger partial charge is 0.333 e. The summed E-state index contributed by atoms with van der Waals surface area (Å²) in [5, 5.41) is 3.04. The van der Waals surface area contributed by atoms with Crippen LogP contribution in [0.15, 0.2) is 49.6 Å². The first-order chi connectivity index (χ1) is 10.5. The highest BCUT2D eigenvalue weighted by Crippen LogP contribution is 2.29. The Labute approximate surface area is 147 Å². The van der Waals surface area contributed by atoms with Gasteiger partial charge in [-0.2, -0.15) is 0 Å². The van der Waals surface area contributed by atoms with Crippen LogP contribution in [0.4, 0.5) is 10.5 Å². The number of rotatable bonds is 2. The van der Waals surface area contributed by atoms with E-state index in [9.17, 15) is 9.59 Å². The molecule has 3 rings (SSSR count). The molecule has 0 radical (unpaired) electrons. The molecule has 112 valence electrons. The van der Waals surface area contributed by atoms with Crippen LogP contribution in [0, 0.1) is 0 Å². The number of anilines is 1. The summed E-state index contributed by atoms with van der Waals surface area (Å²) in [5.41, 5.74) is 0.575. The Morgan fingerprint density at radius 2 is 1.86 bits per heavy atom. The average Bonchev–Trinajstić information content (AvgIpc) is 2.92. The van der Waals surface area contributed by atoms with Gasteiger partial charge >= 0.3 is 6.03 Å². The van der Waals surface area contributed by atoms with Gasteiger partial charge in [-0.3, -0.25) is 4.79 Å². The number of hydrogen-bond acceptors (Lipinski definition) is 3. The van der Waals surface area contributed by atoms with E-state index in [1.54, 1.807) is 30.3 Å². The lowest BCUT2D eigenvalue weighted by molar-refractivity contribution is -0.113. The molecule has 1 aliphatic rings. The van der Waals surface area contributed by atoms with Gasteiger partial charge in [-0.25, -0.2) is 9.69 Å². The van der Waals surface area contributed by atoms with Crippen LogP contribution >= 0.6 is 43.5 Å². The summed E-state index contributed by atoms with van der Waals surface area (Å²) in [6.07, 6.45) is 1.46. The largest absolute Gasteiger partial charge is 0.449 e. The molecule has 2 heterocycles. The van der Waals surface area contributed by atoms with E-state index in [1.807, 2.05) is 0 Å². The minimum Gasteiger partial charge on any atom is -0.449 e. The number of imide groups is 1. The topological polar surface area (TPSA) is 62.6 Å². The van der Waals surface area contributed by atoms with Gasteiger partial charge < -0.3 is 9.73 Å². The number of benzene rings is 1. The maximum Gasteiger partial charge on any atom is 0.333 e. The Morgan fingerprint density at radius 3 is 2.45 bits per heavy atom. The Hall–Kier alpha value is -1.57. The summed E-state index contributed by atoms with van der Waals surface area (Å²) in [5.74, 6) is -0.0312. The molecule has 22 heavy (non-hydrogen) atoms. The lowest BCUT2D eigenvalue weighted by Crippen LogP contribution is -2.30. The molecule has 0 atom stereocenters. The zero-order valence-electron chi connectivity index (χ0n) is 10.8. The van der Waals surface area contributed by atoms with Gasteiger partial charge in [0.05, 0.1) is 10.2 Å². The molecular formula is C14H7Br2ClN2O3. The van der Waals surface area contributed by atoms with E-state index in [1.165, 1.54) is 6.08 Å². The Bertz CT molecular complexity index is 779. The third kappa shape index (κ3) is 2.84. The lowest BCUT2D eigenvalue weighted by atomic mass is 10.3. The van der Waals surface area contributed by atoms with Crippen molar-refractivity contribution in [3.8, 4) is 0 Å². The molecule has 1 saturated heterocycles. The van der Waals surface area contributed by atoms with Crippen LogP contribution in [0.25, 0.3) is 6.08 Å². The van der Waals surface area contributed by atoms with Crippen LogP contribution in [0.2, 0.25) is 5.02 Å². The highest BCUT2D eigenvalue weighted by atomic mass is 79.9. The number of carbonyl (C=O) groups excluding carboxylic acids is 2. The van der Waals surface area contributed by atoms with Crippen LogP contribution in [0.3, 0.4) is 0 Å². The Kier molecular flexibility index (Phi) is 4.12. The van der Waals surface area contributed by atoms with E-state index in [0.717, 1.165) is 4.90 Å². The number of amides is 3. The van der Waals surface area contributed by atoms with Crippen molar-refractivity contribution in [1.29, 1.82) is 0 Å². The summed E-state index contributed by atoms with van der Waals surface area (Å²) >= 11 is 12.3. The third-order valence-corrected chi connectivity index (χ3v) is 4.88. The summed E-state index contributed by atoms with van der Waals surface area (Å²) in [6, 6.07) is 7.58. The van der Waals surface area contributed by atoms with Gasteiger partial charge in [-0.1, -0.05) is 11.6 Å². The molecule has 1 N–H and O–H groups in total. The molecule has 3 amide bonds. The molecule has 0 unspecified atom stereocenters. The standard InChI is InChI=1S/C14H7Br2ClN2O3/c15-10-5-9(22-12(10)16)6-11-13(20)19(14(21)18-11)8-3-1-7(17)2-4-8/h1-6H,(H,18,21)/b11-6+. The Balaban J connectivity index is 1.92. The number of nitrogens with one attached hydrogen (secondary N) is 1. The van der Waals surface area contributed by atoms with Crippen molar-refractivity contribution in [2.75, 3.05) is 4.90 Å². The van der Waals surface area contributed by atoms with E-state index in [2.05, 4.69) is 37.2 Å². The maximum absolute atomic E-state index is 12.4. The van der Waals surface area contributed by atoms with E-state index >= 15 is 0 Å². The molecule has 5 nitrogen and oxygen atoms in total. The summed E-state index contributed by atoms with van der Waals surface area (Å²) < 4.78 is 6.59. The molecule has 1 aromatic carbocycles. The normalized spacial score (nSPS) is 16.5. The fraction of sp³-hybridized carbons (Fsp3) is 0. The quantitative estimate of drug-likeness (QED) is 0.544. The highest BCUT2D eigenvalue weighted by molar-refractivity contribution is 9.13. The second kappa shape index (κ2) is 5.91. The molecule has 0 aliphatic carbocycles. The first-order valence-corrected chi connectivity index (χ1v) is 7.99.